The number of carbonyl (C=O) groups is 3. The predicted molar refractivity (Wildman–Crippen MR) is 155 cm³/mol. The van der Waals surface area contributed by atoms with Crippen LogP contribution in [0.1, 0.15) is 54.4 Å². The third kappa shape index (κ3) is 5.50. The van der Waals surface area contributed by atoms with Gasteiger partial charge in [0.05, 0.1) is 36.9 Å². The number of hydrogen-bond donors (Lipinski definition) is 3. The second-order valence-corrected chi connectivity index (χ2v) is 12.7. The van der Waals surface area contributed by atoms with E-state index in [0.717, 1.165) is 5.57 Å². The van der Waals surface area contributed by atoms with E-state index in [2.05, 4.69) is 31.3 Å². The van der Waals surface area contributed by atoms with E-state index >= 15 is 0 Å². The molecule has 0 aromatic carbocycles. The lowest BCUT2D eigenvalue weighted by Gasteiger charge is -2.51. The van der Waals surface area contributed by atoms with E-state index in [-0.39, 0.29) is 29.6 Å². The van der Waals surface area contributed by atoms with Crippen LogP contribution in [0.4, 0.5) is 0 Å². The molecular weight excluding hydrogens is 556 g/mol. The maximum absolute atomic E-state index is 13.6. The highest BCUT2D eigenvalue weighted by Gasteiger charge is 2.66. The molecule has 0 unspecified atom stereocenters. The number of allylic oxidation sites excluding steroid dienone is 3. The molecule has 5 heterocycles. The van der Waals surface area contributed by atoms with Crippen LogP contribution in [0.25, 0.3) is 0 Å². The molecule has 5 rings (SSSR count). The molecule has 0 aromatic rings. The largest absolute Gasteiger partial charge is 0.507 e. The molecule has 11 heteroatoms. The molecular formula is C32H44N2O9. The lowest BCUT2D eigenvalue weighted by Crippen LogP contribution is -2.61. The average Bonchev–Trinajstić information content (AvgIpc) is 3.71. The number of ether oxygens (including phenoxy) is 4. The minimum Gasteiger partial charge on any atom is -0.507 e. The number of rotatable bonds is 7. The van der Waals surface area contributed by atoms with Gasteiger partial charge in [0.1, 0.15) is 23.6 Å². The molecule has 2 amide bonds. The average molecular weight is 601 g/mol. The van der Waals surface area contributed by atoms with Crippen molar-refractivity contribution in [1.82, 2.24) is 10.2 Å². The van der Waals surface area contributed by atoms with Crippen LogP contribution in [-0.2, 0) is 33.3 Å². The molecule has 11 atom stereocenters. The fourth-order valence-corrected chi connectivity index (χ4v) is 6.82. The van der Waals surface area contributed by atoms with Crippen molar-refractivity contribution in [2.75, 3.05) is 13.7 Å². The number of fused-ring (bicyclic) bond motifs is 3. The lowest BCUT2D eigenvalue weighted by atomic mass is 9.82. The van der Waals surface area contributed by atoms with Crippen LogP contribution >= 0.6 is 0 Å². The predicted octanol–water partition coefficient (Wildman–Crippen LogP) is 2.46. The van der Waals surface area contributed by atoms with Gasteiger partial charge in [0.25, 0.3) is 5.91 Å². The van der Waals surface area contributed by atoms with Crippen molar-refractivity contribution >= 4 is 17.6 Å². The van der Waals surface area contributed by atoms with Crippen LogP contribution in [0, 0.1) is 17.8 Å². The molecule has 2 bridgehead atoms. The Labute approximate surface area is 252 Å². The summed E-state index contributed by atoms with van der Waals surface area (Å²) in [5.41, 5.74) is -0.127. The molecule has 0 aliphatic carbocycles. The van der Waals surface area contributed by atoms with Crippen LogP contribution in [0.15, 0.2) is 47.3 Å². The van der Waals surface area contributed by atoms with E-state index in [1.807, 2.05) is 19.9 Å². The van der Waals surface area contributed by atoms with E-state index in [1.54, 1.807) is 19.9 Å². The zero-order valence-electron chi connectivity index (χ0n) is 25.9. The van der Waals surface area contributed by atoms with Gasteiger partial charge in [-0.25, -0.2) is 0 Å². The van der Waals surface area contributed by atoms with Gasteiger partial charge < -0.3 is 39.4 Å². The van der Waals surface area contributed by atoms with Gasteiger partial charge in [0.15, 0.2) is 11.4 Å². The number of hydrogen-bond acceptors (Lipinski definition) is 9. The van der Waals surface area contributed by atoms with Crippen LogP contribution in [0.3, 0.4) is 0 Å². The summed E-state index contributed by atoms with van der Waals surface area (Å²) in [5, 5.41) is 23.7. The first-order valence-electron chi connectivity index (χ1n) is 15.1. The lowest BCUT2D eigenvalue weighted by molar-refractivity contribution is -0.346. The van der Waals surface area contributed by atoms with Crippen LogP contribution in [-0.4, -0.2) is 94.4 Å². The number of aliphatic hydroxyl groups excluding tert-OH is 2. The molecule has 0 aromatic heterocycles. The van der Waals surface area contributed by atoms with Gasteiger partial charge >= 0.3 is 0 Å². The Morgan fingerprint density at radius 1 is 1.19 bits per heavy atom. The summed E-state index contributed by atoms with van der Waals surface area (Å²) in [4.78, 5) is 41.1. The minimum atomic E-state index is -1.15. The molecule has 5 aliphatic heterocycles. The summed E-state index contributed by atoms with van der Waals surface area (Å²) in [6.45, 7) is 11.7. The van der Waals surface area contributed by atoms with Crippen molar-refractivity contribution in [1.29, 1.82) is 0 Å². The number of nitrogens with one attached hydrogen (secondary N) is 1. The smallest absolute Gasteiger partial charge is 0.264 e. The number of carbonyl (C=O) groups excluding carboxylic acids is 3. The summed E-state index contributed by atoms with van der Waals surface area (Å²) in [6, 6.07) is -1.15. The van der Waals surface area contributed by atoms with Gasteiger partial charge in [-0.2, -0.15) is 0 Å². The molecule has 0 radical (unpaired) electrons. The Morgan fingerprint density at radius 3 is 2.51 bits per heavy atom. The molecule has 3 N–H and O–H groups in total. The maximum Gasteiger partial charge on any atom is 0.264 e. The molecule has 5 aliphatic rings. The summed E-state index contributed by atoms with van der Waals surface area (Å²) in [7, 11) is 1.46. The number of ketones is 1. The first-order chi connectivity index (χ1) is 20.2. The van der Waals surface area contributed by atoms with Gasteiger partial charge in [0.2, 0.25) is 11.7 Å². The second-order valence-electron chi connectivity index (χ2n) is 12.7. The van der Waals surface area contributed by atoms with Gasteiger partial charge in [-0.3, -0.25) is 14.4 Å². The number of amides is 2. The molecule has 236 valence electrons. The van der Waals surface area contributed by atoms with Crippen molar-refractivity contribution in [3.8, 4) is 0 Å². The van der Waals surface area contributed by atoms with E-state index in [4.69, 9.17) is 18.9 Å². The van der Waals surface area contributed by atoms with Crippen molar-refractivity contribution in [3.05, 3.63) is 47.3 Å². The van der Waals surface area contributed by atoms with Gasteiger partial charge in [-0.05, 0) is 45.8 Å². The van der Waals surface area contributed by atoms with E-state index < -0.39 is 65.1 Å². The Hall–Kier alpha value is -2.83. The molecule has 1 spiro atoms. The number of nitrogens with zero attached hydrogens (tertiary/aromatic N) is 1. The highest BCUT2D eigenvalue weighted by atomic mass is 16.8. The SMILES string of the molecule is CNC(=O)[C@@H](C)[C@H]1C(=O)\C(=C(O)/C=C\C(C)=C/[C@@H](C)[C@H]2O[C@@]3(C)O[C@H](C=C[C@@]34CO4)[C@@H]2C)C(=O)N1[C@@H]1CC[C@H](O)[C@H](C)O1. The fourth-order valence-electron chi connectivity index (χ4n) is 6.82. The van der Waals surface area contributed by atoms with Gasteiger partial charge in [-0.1, -0.05) is 44.6 Å². The summed E-state index contributed by atoms with van der Waals surface area (Å²) in [6.07, 6.45) is 7.46. The number of epoxide rings is 1. The summed E-state index contributed by atoms with van der Waals surface area (Å²) >= 11 is 0. The molecule has 11 nitrogen and oxygen atoms in total. The standard InChI is InChI=1S/C32H44N2O9/c1-16(14-17(2)28-18(3)23-12-13-32(15-40-32)31(6,42-23)43-28)8-9-22(36)25-27(37)26(19(4)29(38)33-7)34(30(25)39)24-11-10-21(35)20(5)41-24/h8-9,12-14,17-21,23-24,26,28,35-36H,10-11,15H2,1-7H3,(H,33,38)/b9-8-,16-14-,25-22-/t17-,18+,19+,20+,21+,23-,24+,26+,28-,31-,32-/m1/s1. The highest BCUT2D eigenvalue weighted by Crippen LogP contribution is 2.52. The topological polar surface area (TPSA) is 147 Å². The van der Waals surface area contributed by atoms with Gasteiger partial charge in [0, 0.05) is 18.9 Å². The van der Waals surface area contributed by atoms with Crippen molar-refractivity contribution in [2.24, 2.45) is 17.8 Å². The normalized spacial score (nSPS) is 42.0. The first kappa shape index (κ1) is 31.6. The Morgan fingerprint density at radius 2 is 1.88 bits per heavy atom. The quantitative estimate of drug-likeness (QED) is 0.100. The Kier molecular flexibility index (Phi) is 8.51. The minimum absolute atomic E-state index is 0.0220. The van der Waals surface area contributed by atoms with Crippen LogP contribution < -0.4 is 5.32 Å². The van der Waals surface area contributed by atoms with Crippen molar-refractivity contribution < 1.29 is 43.5 Å². The Balaban J connectivity index is 1.36. The van der Waals surface area contributed by atoms with Crippen LogP contribution in [0.2, 0.25) is 0 Å². The van der Waals surface area contributed by atoms with Crippen molar-refractivity contribution in [2.45, 2.75) is 102 Å². The van der Waals surface area contributed by atoms with Crippen molar-refractivity contribution in [3.63, 3.8) is 0 Å². The maximum atomic E-state index is 13.6. The zero-order valence-corrected chi connectivity index (χ0v) is 25.9. The van der Waals surface area contributed by atoms with E-state index in [1.165, 1.54) is 18.0 Å². The fraction of sp³-hybridized carbons (Fsp3) is 0.656. The Bertz CT molecular complexity index is 1280. The van der Waals surface area contributed by atoms with Gasteiger partial charge in [-0.15, -0.1) is 0 Å². The van der Waals surface area contributed by atoms with E-state index in [0.29, 0.717) is 19.4 Å². The number of Topliss-reactive ketones (excluding diaryl/α,β-unsaturated/α-hetero) is 1. The third-order valence-corrected chi connectivity index (χ3v) is 9.67. The van der Waals surface area contributed by atoms with E-state index in [9.17, 15) is 24.6 Å². The zero-order chi connectivity index (χ0) is 31.4. The number of likely N-dealkylation sites (tertiary alicyclic amines) is 1. The molecule has 4 fully saturated rings. The molecule has 43 heavy (non-hydrogen) atoms. The molecule has 4 saturated heterocycles. The molecule has 0 saturated carbocycles. The highest BCUT2D eigenvalue weighted by molar-refractivity contribution is 6.27. The monoisotopic (exact) mass is 600 g/mol. The summed E-state index contributed by atoms with van der Waals surface area (Å²) < 4.78 is 24.3. The second kappa shape index (κ2) is 11.6. The van der Waals surface area contributed by atoms with Crippen LogP contribution in [0.5, 0.6) is 0 Å². The number of aliphatic hydroxyl groups is 2. The first-order valence-corrected chi connectivity index (χ1v) is 15.1. The third-order valence-electron chi connectivity index (χ3n) is 9.67. The summed E-state index contributed by atoms with van der Waals surface area (Å²) in [5.74, 6) is -3.93.